The number of anilines is 1. The molecule has 2 amide bonds. The Balaban J connectivity index is 1.83. The van der Waals surface area contributed by atoms with Crippen LogP contribution in [0.3, 0.4) is 0 Å². The number of alkyl halides is 3. The van der Waals surface area contributed by atoms with E-state index < -0.39 is 12.3 Å². The lowest BCUT2D eigenvalue weighted by molar-refractivity contribution is -0.274. The summed E-state index contributed by atoms with van der Waals surface area (Å²) >= 11 is 0. The van der Waals surface area contributed by atoms with E-state index in [1.54, 1.807) is 0 Å². The fourth-order valence-corrected chi connectivity index (χ4v) is 2.55. The van der Waals surface area contributed by atoms with E-state index in [0.717, 1.165) is 25.0 Å². The molecule has 0 aliphatic carbocycles. The van der Waals surface area contributed by atoms with Gasteiger partial charge in [-0.15, -0.1) is 13.2 Å². The number of ether oxygens (including phenoxy) is 1. The zero-order valence-electron chi connectivity index (χ0n) is 13.7. The monoisotopic (exact) mass is 359 g/mol. The smallest absolute Gasteiger partial charge is 0.406 e. The highest BCUT2D eigenvalue weighted by molar-refractivity contribution is 5.94. The number of rotatable bonds is 6. The summed E-state index contributed by atoms with van der Waals surface area (Å²) in [5.41, 5.74) is 0.320. The van der Waals surface area contributed by atoms with Gasteiger partial charge < -0.3 is 15.0 Å². The minimum absolute atomic E-state index is 0.0960. The second-order valence-corrected chi connectivity index (χ2v) is 5.76. The van der Waals surface area contributed by atoms with Gasteiger partial charge in [-0.3, -0.25) is 14.9 Å². The van der Waals surface area contributed by atoms with Gasteiger partial charge in [0.05, 0.1) is 6.67 Å². The molecule has 138 valence electrons. The molecule has 0 aromatic heterocycles. The van der Waals surface area contributed by atoms with Crippen molar-refractivity contribution in [3.63, 3.8) is 0 Å². The summed E-state index contributed by atoms with van der Waals surface area (Å²) in [6.45, 7) is 2.22. The maximum Gasteiger partial charge on any atom is 0.573 e. The van der Waals surface area contributed by atoms with E-state index in [1.165, 1.54) is 17.0 Å². The highest BCUT2D eigenvalue weighted by atomic mass is 19.4. The number of benzene rings is 1. The molecule has 0 spiro atoms. The lowest BCUT2D eigenvalue weighted by Crippen LogP contribution is -2.52. The van der Waals surface area contributed by atoms with Crippen LogP contribution in [0.1, 0.15) is 26.2 Å². The van der Waals surface area contributed by atoms with E-state index in [9.17, 15) is 22.8 Å². The van der Waals surface area contributed by atoms with Crippen LogP contribution in [0.4, 0.5) is 18.9 Å². The fourth-order valence-electron chi connectivity index (χ4n) is 2.55. The van der Waals surface area contributed by atoms with E-state index in [1.807, 2.05) is 6.92 Å². The summed E-state index contributed by atoms with van der Waals surface area (Å²) in [5, 5.41) is 5.74. The summed E-state index contributed by atoms with van der Waals surface area (Å²) in [6, 6.07) is 4.94. The Morgan fingerprint density at radius 2 is 2.04 bits per heavy atom. The first-order valence-electron chi connectivity index (χ1n) is 7.93. The van der Waals surface area contributed by atoms with Gasteiger partial charge in [0.2, 0.25) is 11.8 Å². The van der Waals surface area contributed by atoms with Crippen LogP contribution in [0.25, 0.3) is 0 Å². The molecule has 1 saturated heterocycles. The Bertz CT molecular complexity index is 605. The van der Waals surface area contributed by atoms with Gasteiger partial charge in [0, 0.05) is 18.2 Å². The van der Waals surface area contributed by atoms with Crippen LogP contribution in [0.2, 0.25) is 0 Å². The van der Waals surface area contributed by atoms with Gasteiger partial charge in [-0.2, -0.15) is 0 Å². The number of carbonyl (C=O) groups excluding carboxylic acids is 2. The van der Waals surface area contributed by atoms with Crippen molar-refractivity contribution < 1.29 is 27.5 Å². The van der Waals surface area contributed by atoms with Crippen molar-refractivity contribution >= 4 is 17.5 Å². The highest BCUT2D eigenvalue weighted by Crippen LogP contribution is 2.24. The first kappa shape index (κ1) is 19.0. The number of nitrogens with one attached hydrogen (secondary N) is 2. The van der Waals surface area contributed by atoms with Gasteiger partial charge in [-0.25, -0.2) is 0 Å². The van der Waals surface area contributed by atoms with Crippen LogP contribution in [0, 0.1) is 0 Å². The number of hydrogen-bond donors (Lipinski definition) is 2. The van der Waals surface area contributed by atoms with E-state index in [4.69, 9.17) is 0 Å². The molecule has 1 heterocycles. The zero-order chi connectivity index (χ0) is 18.4. The number of nitrogens with zero attached hydrogens (tertiary/aromatic N) is 1. The molecule has 1 aromatic carbocycles. The molecule has 6 nitrogen and oxygen atoms in total. The van der Waals surface area contributed by atoms with Crippen LogP contribution < -0.4 is 15.4 Å². The van der Waals surface area contributed by atoms with E-state index in [0.29, 0.717) is 18.8 Å². The van der Waals surface area contributed by atoms with Crippen molar-refractivity contribution in [1.82, 2.24) is 10.2 Å². The number of carbonyl (C=O) groups is 2. The van der Waals surface area contributed by atoms with Gasteiger partial charge in [-0.1, -0.05) is 13.3 Å². The van der Waals surface area contributed by atoms with Crippen molar-refractivity contribution in [2.24, 2.45) is 0 Å². The van der Waals surface area contributed by atoms with Crippen molar-refractivity contribution in [1.29, 1.82) is 0 Å². The number of amides is 2. The number of hydrogen-bond acceptors (Lipinski definition) is 4. The molecule has 1 aliphatic rings. The van der Waals surface area contributed by atoms with Crippen molar-refractivity contribution in [3.05, 3.63) is 24.3 Å². The van der Waals surface area contributed by atoms with Crippen LogP contribution >= 0.6 is 0 Å². The highest BCUT2D eigenvalue weighted by Gasteiger charge is 2.31. The molecule has 1 fully saturated rings. The normalized spacial score (nSPS) is 18.2. The maximum absolute atomic E-state index is 12.1. The molecule has 1 aromatic rings. The summed E-state index contributed by atoms with van der Waals surface area (Å²) in [5.74, 6) is -0.891. The van der Waals surface area contributed by atoms with Crippen molar-refractivity contribution in [3.8, 4) is 5.75 Å². The predicted molar refractivity (Wildman–Crippen MR) is 84.8 cm³/mol. The Labute approximate surface area is 143 Å². The summed E-state index contributed by atoms with van der Waals surface area (Å²) in [7, 11) is 0. The molecule has 9 heteroatoms. The Morgan fingerprint density at radius 1 is 1.36 bits per heavy atom. The van der Waals surface area contributed by atoms with Gasteiger partial charge >= 0.3 is 6.36 Å². The summed E-state index contributed by atoms with van der Waals surface area (Å²) in [6.07, 6.45) is -2.54. The third-order valence-electron chi connectivity index (χ3n) is 3.69. The Hall–Kier alpha value is -2.29. The molecule has 0 radical (unpaired) electrons. The molecule has 25 heavy (non-hydrogen) atoms. The molecule has 1 aliphatic heterocycles. The van der Waals surface area contributed by atoms with Crippen LogP contribution in [0.5, 0.6) is 5.75 Å². The Kier molecular flexibility index (Phi) is 6.24. The van der Waals surface area contributed by atoms with Crippen LogP contribution in [-0.4, -0.2) is 42.3 Å². The van der Waals surface area contributed by atoms with Crippen molar-refractivity contribution in [2.45, 2.75) is 38.6 Å². The second-order valence-electron chi connectivity index (χ2n) is 5.76. The summed E-state index contributed by atoms with van der Waals surface area (Å²) in [4.78, 5) is 25.4. The first-order valence-corrected chi connectivity index (χ1v) is 7.93. The number of halogens is 3. The summed E-state index contributed by atoms with van der Waals surface area (Å²) < 4.78 is 40.0. The Morgan fingerprint density at radius 3 is 2.60 bits per heavy atom. The molecule has 2 N–H and O–H groups in total. The third-order valence-corrected chi connectivity index (χ3v) is 3.69. The van der Waals surface area contributed by atoms with Crippen LogP contribution in [0.15, 0.2) is 24.3 Å². The average molecular weight is 359 g/mol. The molecule has 0 saturated carbocycles. The lowest BCUT2D eigenvalue weighted by atomic mass is 10.1. The zero-order valence-corrected chi connectivity index (χ0v) is 13.7. The lowest BCUT2D eigenvalue weighted by Gasteiger charge is -2.32. The fraction of sp³-hybridized carbons (Fsp3) is 0.500. The standard InChI is InChI=1S/C16H20F3N3O3/c1-2-3-12-8-15(24)22(10-20-12)9-14(23)21-11-4-6-13(7-5-11)25-16(17,18)19/h4-7,12,20H,2-3,8-10H2,1H3,(H,21,23). The minimum Gasteiger partial charge on any atom is -0.406 e. The first-order chi connectivity index (χ1) is 11.8. The van der Waals surface area contributed by atoms with Gasteiger partial charge in [-0.05, 0) is 30.7 Å². The second kappa shape index (κ2) is 8.19. The molecule has 1 unspecified atom stereocenters. The molecule has 1 atom stereocenters. The third kappa shape index (κ3) is 6.26. The topological polar surface area (TPSA) is 70.7 Å². The quantitative estimate of drug-likeness (QED) is 0.819. The van der Waals surface area contributed by atoms with Gasteiger partial charge in [0.15, 0.2) is 0 Å². The van der Waals surface area contributed by atoms with E-state index in [-0.39, 0.29) is 24.2 Å². The maximum atomic E-state index is 12.1. The molecular weight excluding hydrogens is 339 g/mol. The molecular formula is C16H20F3N3O3. The molecule has 0 bridgehead atoms. The van der Waals surface area contributed by atoms with Gasteiger partial charge in [0.25, 0.3) is 0 Å². The van der Waals surface area contributed by atoms with E-state index in [2.05, 4.69) is 15.4 Å². The minimum atomic E-state index is -4.76. The van der Waals surface area contributed by atoms with Gasteiger partial charge in [0.1, 0.15) is 12.3 Å². The van der Waals surface area contributed by atoms with Crippen LogP contribution in [-0.2, 0) is 9.59 Å². The van der Waals surface area contributed by atoms with E-state index >= 15 is 0 Å². The average Bonchev–Trinajstić information content (AvgIpc) is 2.51. The molecule has 2 rings (SSSR count). The van der Waals surface area contributed by atoms with Crippen molar-refractivity contribution in [2.75, 3.05) is 18.5 Å². The SMILES string of the molecule is CCCC1CC(=O)N(CC(=O)Nc2ccc(OC(F)(F)F)cc2)CN1. The largest absolute Gasteiger partial charge is 0.573 e. The predicted octanol–water partition coefficient (Wildman–Crippen LogP) is 2.47.